The van der Waals surface area contributed by atoms with Crippen molar-refractivity contribution in [2.45, 2.75) is 41.5 Å². The minimum absolute atomic E-state index is 0.0962. The molecule has 0 amide bonds. The fraction of sp³-hybridized carbons (Fsp3) is 0.789. The largest absolute Gasteiger partial charge is 0.397 e. The molecular formula is C19H44O6. The summed E-state index contributed by atoms with van der Waals surface area (Å²) in [4.78, 5) is 0. The summed E-state index contributed by atoms with van der Waals surface area (Å²) in [5.41, 5.74) is 0. The van der Waals surface area contributed by atoms with Crippen molar-refractivity contribution in [1.29, 1.82) is 0 Å². The van der Waals surface area contributed by atoms with Crippen molar-refractivity contribution in [1.82, 2.24) is 0 Å². The van der Waals surface area contributed by atoms with Crippen molar-refractivity contribution in [2.24, 2.45) is 0 Å². The zero-order chi connectivity index (χ0) is 20.6. The summed E-state index contributed by atoms with van der Waals surface area (Å²) in [7, 11) is 1.55. The molecule has 0 aromatic heterocycles. The van der Waals surface area contributed by atoms with E-state index in [-0.39, 0.29) is 19.8 Å². The Morgan fingerprint density at radius 3 is 1.44 bits per heavy atom. The van der Waals surface area contributed by atoms with Crippen LogP contribution >= 0.6 is 0 Å². The Morgan fingerprint density at radius 1 is 0.760 bits per heavy atom. The van der Waals surface area contributed by atoms with Gasteiger partial charge in [-0.2, -0.15) is 0 Å². The van der Waals surface area contributed by atoms with Gasteiger partial charge < -0.3 is 29.5 Å². The van der Waals surface area contributed by atoms with E-state index < -0.39 is 0 Å². The molecule has 0 aliphatic heterocycles. The summed E-state index contributed by atoms with van der Waals surface area (Å²) >= 11 is 0. The van der Waals surface area contributed by atoms with Gasteiger partial charge >= 0.3 is 0 Å². The second kappa shape index (κ2) is 56.7. The molecule has 0 unspecified atom stereocenters. The molecule has 0 heterocycles. The van der Waals surface area contributed by atoms with Crippen LogP contribution in [0.3, 0.4) is 0 Å². The molecule has 6 heteroatoms. The first-order valence-corrected chi connectivity index (χ1v) is 8.95. The standard InChI is InChI=1S/C8H14O2.C4H10O.C3H8O2.C2H6O.C2H6/c1-2-10-8-6-4-3-5-7-9;1-3-5-4-2;1-5-3-2-4;1-2-3;1-2/h3-6,9H,2,7-8H2,1H3;3-4H2,1-2H3;4H,2-3H2,1H3;3H,2H2,1H3;1-2H3/b5-3-,6-4-;;;;. The molecule has 6 nitrogen and oxygen atoms in total. The van der Waals surface area contributed by atoms with Crippen molar-refractivity contribution >= 4 is 0 Å². The van der Waals surface area contributed by atoms with Gasteiger partial charge in [-0.1, -0.05) is 38.2 Å². The van der Waals surface area contributed by atoms with Gasteiger partial charge in [0.1, 0.15) is 0 Å². The van der Waals surface area contributed by atoms with E-state index in [1.807, 2.05) is 46.8 Å². The van der Waals surface area contributed by atoms with Crippen LogP contribution in [0.4, 0.5) is 0 Å². The molecule has 3 N–H and O–H groups in total. The molecule has 156 valence electrons. The van der Waals surface area contributed by atoms with Crippen molar-refractivity contribution in [3.8, 4) is 0 Å². The highest BCUT2D eigenvalue weighted by Crippen LogP contribution is 1.78. The predicted octanol–water partition coefficient (Wildman–Crippen LogP) is 2.82. The number of hydrogen-bond acceptors (Lipinski definition) is 6. The zero-order valence-electron chi connectivity index (χ0n) is 17.5. The molecule has 0 aromatic rings. The van der Waals surface area contributed by atoms with Crippen LogP contribution in [-0.4, -0.2) is 75.3 Å². The van der Waals surface area contributed by atoms with E-state index in [0.717, 1.165) is 19.8 Å². The van der Waals surface area contributed by atoms with Crippen LogP contribution in [0.2, 0.25) is 0 Å². The lowest BCUT2D eigenvalue weighted by atomic mass is 10.4. The van der Waals surface area contributed by atoms with Gasteiger partial charge in [0.15, 0.2) is 0 Å². The highest BCUT2D eigenvalue weighted by molar-refractivity contribution is 5.02. The molecule has 0 atom stereocenters. The SMILES string of the molecule is CC.CCO.CCOC/C=C\C=C/CO.CCOCC.COCCO. The van der Waals surface area contributed by atoms with Gasteiger partial charge in [-0.3, -0.25) is 0 Å². The van der Waals surface area contributed by atoms with Gasteiger partial charge in [0.05, 0.1) is 26.4 Å². The van der Waals surface area contributed by atoms with E-state index in [0.29, 0.717) is 13.2 Å². The second-order valence-electron chi connectivity index (χ2n) is 3.51. The summed E-state index contributed by atoms with van der Waals surface area (Å²) in [6, 6.07) is 0. The van der Waals surface area contributed by atoms with E-state index in [1.54, 1.807) is 26.2 Å². The minimum Gasteiger partial charge on any atom is -0.397 e. The van der Waals surface area contributed by atoms with Crippen molar-refractivity contribution in [3.05, 3.63) is 24.3 Å². The van der Waals surface area contributed by atoms with Crippen LogP contribution in [0.15, 0.2) is 24.3 Å². The van der Waals surface area contributed by atoms with Gasteiger partial charge in [-0.05, 0) is 27.7 Å². The summed E-state index contributed by atoms with van der Waals surface area (Å²) in [5.74, 6) is 0. The fourth-order valence-corrected chi connectivity index (χ4v) is 0.755. The van der Waals surface area contributed by atoms with E-state index in [2.05, 4.69) is 4.74 Å². The molecule has 0 aliphatic rings. The smallest absolute Gasteiger partial charge is 0.0693 e. The molecule has 0 spiro atoms. The lowest BCUT2D eigenvalue weighted by molar-refractivity contribution is 0.135. The molecule has 0 radical (unpaired) electrons. The second-order valence-corrected chi connectivity index (χ2v) is 3.51. The average molecular weight is 369 g/mol. The molecule has 0 aromatic carbocycles. The number of aliphatic hydroxyl groups excluding tert-OH is 3. The number of methoxy groups -OCH3 is 1. The predicted molar refractivity (Wildman–Crippen MR) is 107 cm³/mol. The maximum absolute atomic E-state index is 8.32. The Labute approximate surface area is 156 Å². The Bertz CT molecular complexity index is 186. The van der Waals surface area contributed by atoms with Crippen molar-refractivity contribution < 1.29 is 29.5 Å². The first-order valence-electron chi connectivity index (χ1n) is 8.95. The lowest BCUT2D eigenvalue weighted by Gasteiger charge is -1.90. The maximum atomic E-state index is 8.32. The molecule has 0 saturated heterocycles. The van der Waals surface area contributed by atoms with Crippen molar-refractivity contribution in [2.75, 3.05) is 60.0 Å². The van der Waals surface area contributed by atoms with E-state index in [9.17, 15) is 0 Å². The molecule has 0 saturated carbocycles. The molecule has 0 fully saturated rings. The monoisotopic (exact) mass is 368 g/mol. The summed E-state index contributed by atoms with van der Waals surface area (Å²) in [6.07, 6.45) is 7.21. The number of allylic oxidation sites excluding steroid dienone is 2. The first-order chi connectivity index (χ1) is 12.2. The normalized spacial score (nSPS) is 9.04. The molecule has 0 rings (SSSR count). The number of ether oxygens (including phenoxy) is 3. The van der Waals surface area contributed by atoms with Gasteiger partial charge in [0.2, 0.25) is 0 Å². The van der Waals surface area contributed by atoms with Crippen LogP contribution in [0.5, 0.6) is 0 Å². The summed E-state index contributed by atoms with van der Waals surface area (Å²) in [5, 5.41) is 23.8. The Balaban J connectivity index is -0.0000000756. The Hall–Kier alpha value is -0.760. The van der Waals surface area contributed by atoms with E-state index in [4.69, 9.17) is 24.8 Å². The van der Waals surface area contributed by atoms with Crippen LogP contribution < -0.4 is 0 Å². The number of aliphatic hydroxyl groups is 3. The highest BCUT2D eigenvalue weighted by atomic mass is 16.5. The number of hydrogen-bond donors (Lipinski definition) is 3. The van der Waals surface area contributed by atoms with Gasteiger partial charge in [-0.15, -0.1) is 0 Å². The van der Waals surface area contributed by atoms with Gasteiger partial charge in [-0.25, -0.2) is 0 Å². The summed E-state index contributed by atoms with van der Waals surface area (Å²) < 4.78 is 14.3. The average Bonchev–Trinajstić information content (AvgIpc) is 2.63. The third-order valence-corrected chi connectivity index (χ3v) is 1.61. The lowest BCUT2D eigenvalue weighted by Crippen LogP contribution is -1.91. The third-order valence-electron chi connectivity index (χ3n) is 1.61. The number of rotatable bonds is 9. The van der Waals surface area contributed by atoms with Crippen LogP contribution in [0.1, 0.15) is 41.5 Å². The van der Waals surface area contributed by atoms with E-state index in [1.165, 1.54) is 0 Å². The Morgan fingerprint density at radius 2 is 1.20 bits per heavy atom. The maximum Gasteiger partial charge on any atom is 0.0693 e. The Kier molecular flexibility index (Phi) is 80.2. The van der Waals surface area contributed by atoms with Crippen molar-refractivity contribution in [3.63, 3.8) is 0 Å². The molecule has 25 heavy (non-hydrogen) atoms. The highest BCUT2D eigenvalue weighted by Gasteiger charge is 1.72. The quantitative estimate of drug-likeness (QED) is 0.428. The molecular weight excluding hydrogens is 324 g/mol. The molecule has 0 aliphatic carbocycles. The van der Waals surface area contributed by atoms with Gasteiger partial charge in [0.25, 0.3) is 0 Å². The third kappa shape index (κ3) is 100.0. The topological polar surface area (TPSA) is 88.4 Å². The zero-order valence-corrected chi connectivity index (χ0v) is 17.5. The van der Waals surface area contributed by atoms with Crippen LogP contribution in [-0.2, 0) is 14.2 Å². The minimum atomic E-state index is 0.0962. The summed E-state index contributed by atoms with van der Waals surface area (Å²) in [6.45, 7) is 15.6. The molecule has 0 bridgehead atoms. The fourth-order valence-electron chi connectivity index (χ4n) is 0.755. The first kappa shape index (κ1) is 35.4. The van der Waals surface area contributed by atoms with Gasteiger partial charge in [0, 0.05) is 33.5 Å². The van der Waals surface area contributed by atoms with Crippen LogP contribution in [0, 0.1) is 0 Å². The van der Waals surface area contributed by atoms with E-state index >= 15 is 0 Å². The van der Waals surface area contributed by atoms with Crippen LogP contribution in [0.25, 0.3) is 0 Å².